The molecule has 7 rings (SSSR count). The van der Waals surface area contributed by atoms with Crippen molar-refractivity contribution in [2.24, 2.45) is 11.5 Å². The van der Waals surface area contributed by atoms with Gasteiger partial charge in [-0.15, -0.1) is 0 Å². The zero-order chi connectivity index (χ0) is 28.5. The summed E-state index contributed by atoms with van der Waals surface area (Å²) in [7, 11) is 0. The first-order valence-electron chi connectivity index (χ1n) is 17.4. The molecule has 0 aliphatic heterocycles. The minimum Gasteiger partial charge on any atom is -0.375 e. The second kappa shape index (κ2) is 12.9. The molecule has 4 atom stereocenters. The van der Waals surface area contributed by atoms with Crippen LogP contribution in [-0.2, 0) is 9.47 Å². The van der Waals surface area contributed by atoms with Crippen LogP contribution in [0.15, 0.2) is 48.5 Å². The molecule has 4 heteroatoms. The van der Waals surface area contributed by atoms with E-state index < -0.39 is 0 Å². The zero-order valence-electron chi connectivity index (χ0n) is 25.5. The van der Waals surface area contributed by atoms with E-state index in [4.69, 9.17) is 20.9 Å². The van der Waals surface area contributed by atoms with E-state index in [1.54, 1.807) is 11.1 Å². The minimum atomic E-state index is 0.328. The van der Waals surface area contributed by atoms with Gasteiger partial charge in [-0.2, -0.15) is 0 Å². The molecule has 4 nitrogen and oxygen atoms in total. The SMILES string of the molecule is NC1CCCC(OC2CCC(c3c4ccccc4c(C4CCC(OC5CCCC(N)C5)CC4)c4ccccc34)CC2)C1. The number of fused-ring (bicyclic) bond motifs is 2. The van der Waals surface area contributed by atoms with Crippen LogP contribution < -0.4 is 11.5 Å². The average molecular weight is 569 g/mol. The first kappa shape index (κ1) is 28.8. The van der Waals surface area contributed by atoms with E-state index in [1.165, 1.54) is 72.9 Å². The van der Waals surface area contributed by atoms with Crippen LogP contribution in [0.2, 0.25) is 0 Å². The summed E-state index contributed by atoms with van der Waals surface area (Å²) in [5.41, 5.74) is 15.7. The molecule has 4 fully saturated rings. The van der Waals surface area contributed by atoms with Crippen molar-refractivity contribution >= 4 is 21.5 Å². The van der Waals surface area contributed by atoms with Crippen molar-refractivity contribution in [1.29, 1.82) is 0 Å². The summed E-state index contributed by atoms with van der Waals surface area (Å²) in [6.45, 7) is 0. The van der Waals surface area contributed by atoms with E-state index in [-0.39, 0.29) is 0 Å². The quantitative estimate of drug-likeness (QED) is 0.292. The maximum atomic E-state index is 6.63. The van der Waals surface area contributed by atoms with E-state index in [0.717, 1.165) is 51.4 Å². The first-order chi connectivity index (χ1) is 20.6. The molecule has 42 heavy (non-hydrogen) atoms. The Morgan fingerprint density at radius 1 is 0.429 bits per heavy atom. The van der Waals surface area contributed by atoms with Gasteiger partial charge in [-0.25, -0.2) is 0 Å². The Bertz CT molecular complexity index is 1180. The van der Waals surface area contributed by atoms with Crippen LogP contribution in [0.5, 0.6) is 0 Å². The Kier molecular flexibility index (Phi) is 8.86. The molecule has 0 aromatic heterocycles. The monoisotopic (exact) mass is 568 g/mol. The summed E-state index contributed by atoms with van der Waals surface area (Å²) >= 11 is 0. The van der Waals surface area contributed by atoms with Gasteiger partial charge in [0.25, 0.3) is 0 Å². The fourth-order valence-corrected chi connectivity index (χ4v) is 9.20. The average Bonchev–Trinajstić information content (AvgIpc) is 3.01. The summed E-state index contributed by atoms with van der Waals surface area (Å²) in [5.74, 6) is 1.18. The zero-order valence-corrected chi connectivity index (χ0v) is 25.5. The number of rotatable bonds is 6. The summed E-state index contributed by atoms with van der Waals surface area (Å²) in [4.78, 5) is 0. The maximum absolute atomic E-state index is 6.63. The number of ether oxygens (including phenoxy) is 2. The van der Waals surface area contributed by atoms with E-state index in [1.807, 2.05) is 0 Å². The third-order valence-electron chi connectivity index (χ3n) is 11.3. The molecular formula is C38H52N2O2. The lowest BCUT2D eigenvalue weighted by atomic mass is 9.74. The van der Waals surface area contributed by atoms with Gasteiger partial charge in [0.2, 0.25) is 0 Å². The van der Waals surface area contributed by atoms with Gasteiger partial charge in [0.1, 0.15) is 0 Å². The van der Waals surface area contributed by atoms with Crippen molar-refractivity contribution in [3.63, 3.8) is 0 Å². The second-order valence-electron chi connectivity index (χ2n) is 14.2. The second-order valence-corrected chi connectivity index (χ2v) is 14.2. The molecule has 0 heterocycles. The Hall–Kier alpha value is -1.98. The Balaban J connectivity index is 1.11. The summed E-state index contributed by atoms with van der Waals surface area (Å²) in [5, 5.41) is 5.96. The Morgan fingerprint density at radius 2 is 0.786 bits per heavy atom. The van der Waals surface area contributed by atoms with E-state index in [2.05, 4.69) is 48.5 Å². The molecule has 0 radical (unpaired) electrons. The third-order valence-corrected chi connectivity index (χ3v) is 11.3. The van der Waals surface area contributed by atoms with Gasteiger partial charge in [-0.3, -0.25) is 0 Å². The molecule has 4 saturated carbocycles. The highest BCUT2D eigenvalue weighted by Gasteiger charge is 2.32. The number of hydrogen-bond acceptors (Lipinski definition) is 4. The molecule has 4 aliphatic rings. The lowest BCUT2D eigenvalue weighted by Crippen LogP contribution is -2.35. The molecule has 3 aromatic rings. The predicted octanol–water partition coefficient (Wildman–Crippen LogP) is 8.62. The first-order valence-corrected chi connectivity index (χ1v) is 17.4. The molecular weight excluding hydrogens is 516 g/mol. The number of hydrogen-bond donors (Lipinski definition) is 2. The van der Waals surface area contributed by atoms with E-state index >= 15 is 0 Å². The topological polar surface area (TPSA) is 70.5 Å². The standard InChI is InChI=1S/C38H52N2O2/c39-27-7-5-9-31(23-27)41-29-19-15-25(16-20-29)37-33-11-1-2-12-34(33)38(36-14-4-3-13-35(36)37)26-17-21-30(22-18-26)42-32-10-6-8-28(40)24-32/h1-4,11-14,25-32H,5-10,15-24,39-40H2. The summed E-state index contributed by atoms with van der Waals surface area (Å²) in [6.07, 6.45) is 20.3. The van der Waals surface area contributed by atoms with Crippen LogP contribution in [0.1, 0.15) is 126 Å². The molecule has 0 amide bonds. The van der Waals surface area contributed by atoms with Crippen molar-refractivity contribution in [3.05, 3.63) is 59.7 Å². The number of nitrogens with two attached hydrogens (primary N) is 2. The van der Waals surface area contributed by atoms with Crippen LogP contribution in [-0.4, -0.2) is 36.5 Å². The summed E-state index contributed by atoms with van der Waals surface area (Å²) < 4.78 is 13.3. The van der Waals surface area contributed by atoms with Gasteiger partial charge in [-0.1, -0.05) is 48.5 Å². The van der Waals surface area contributed by atoms with Crippen LogP contribution in [0.25, 0.3) is 21.5 Å². The van der Waals surface area contributed by atoms with Gasteiger partial charge >= 0.3 is 0 Å². The van der Waals surface area contributed by atoms with Crippen molar-refractivity contribution < 1.29 is 9.47 Å². The van der Waals surface area contributed by atoms with Crippen molar-refractivity contribution in [2.75, 3.05) is 0 Å². The Morgan fingerprint density at radius 3 is 1.12 bits per heavy atom. The summed E-state index contributed by atoms with van der Waals surface area (Å²) in [6, 6.07) is 19.3. The number of benzene rings is 3. The smallest absolute Gasteiger partial charge is 0.0593 e. The highest BCUT2D eigenvalue weighted by molar-refractivity contribution is 6.06. The van der Waals surface area contributed by atoms with Crippen LogP contribution >= 0.6 is 0 Å². The largest absolute Gasteiger partial charge is 0.375 e. The van der Waals surface area contributed by atoms with Crippen molar-refractivity contribution in [1.82, 2.24) is 0 Å². The lowest BCUT2D eigenvalue weighted by molar-refractivity contribution is -0.0501. The molecule has 3 aromatic carbocycles. The fraction of sp³-hybridized carbons (Fsp3) is 0.632. The van der Waals surface area contributed by atoms with Crippen molar-refractivity contribution in [3.8, 4) is 0 Å². The molecule has 4 unspecified atom stereocenters. The van der Waals surface area contributed by atoms with E-state index in [9.17, 15) is 0 Å². The predicted molar refractivity (Wildman–Crippen MR) is 174 cm³/mol. The van der Waals surface area contributed by atoms with Crippen LogP contribution in [0, 0.1) is 0 Å². The van der Waals surface area contributed by atoms with E-state index in [0.29, 0.717) is 48.3 Å². The van der Waals surface area contributed by atoms with Crippen LogP contribution in [0.4, 0.5) is 0 Å². The van der Waals surface area contributed by atoms with Gasteiger partial charge in [0.15, 0.2) is 0 Å². The van der Waals surface area contributed by atoms with Crippen LogP contribution in [0.3, 0.4) is 0 Å². The third kappa shape index (κ3) is 6.15. The minimum absolute atomic E-state index is 0.328. The molecule has 4 aliphatic carbocycles. The normalized spacial score (nSPS) is 34.5. The molecule has 4 N–H and O–H groups in total. The van der Waals surface area contributed by atoms with Gasteiger partial charge in [0, 0.05) is 12.1 Å². The molecule has 0 saturated heterocycles. The fourth-order valence-electron chi connectivity index (χ4n) is 9.20. The van der Waals surface area contributed by atoms with Gasteiger partial charge in [-0.05, 0) is 147 Å². The molecule has 226 valence electrons. The lowest BCUT2D eigenvalue weighted by Gasteiger charge is -2.36. The maximum Gasteiger partial charge on any atom is 0.0593 e. The van der Waals surface area contributed by atoms with Crippen molar-refractivity contribution in [2.45, 2.75) is 151 Å². The van der Waals surface area contributed by atoms with Gasteiger partial charge < -0.3 is 20.9 Å². The van der Waals surface area contributed by atoms with Gasteiger partial charge in [0.05, 0.1) is 24.4 Å². The highest BCUT2D eigenvalue weighted by Crippen LogP contribution is 2.47. The highest BCUT2D eigenvalue weighted by atomic mass is 16.5. The Labute approximate surface area is 252 Å². The molecule has 0 bridgehead atoms. The molecule has 0 spiro atoms.